The molecular weight excluding hydrogens is 354 g/mol. The van der Waals surface area contributed by atoms with Crippen LogP contribution in [0.3, 0.4) is 0 Å². The molecule has 26 heavy (non-hydrogen) atoms. The quantitative estimate of drug-likeness (QED) is 0.688. The Morgan fingerprint density at radius 1 is 1.15 bits per heavy atom. The van der Waals surface area contributed by atoms with Crippen LogP contribution in [0.15, 0.2) is 41.9 Å². The van der Waals surface area contributed by atoms with Gasteiger partial charge in [0.25, 0.3) is 5.91 Å². The number of carbonyl (C=O) groups excluding carboxylic acids is 1. The average molecular weight is 373 g/mol. The number of carbonyl (C=O) groups is 1. The number of anilines is 1. The summed E-state index contributed by atoms with van der Waals surface area (Å²) < 4.78 is 17.6. The maximum absolute atomic E-state index is 12.7. The van der Waals surface area contributed by atoms with Crippen LogP contribution >= 0.6 is 11.3 Å². The smallest absolute Gasteiger partial charge is 0.257 e. The van der Waals surface area contributed by atoms with Crippen LogP contribution in [-0.4, -0.2) is 37.0 Å². The van der Waals surface area contributed by atoms with E-state index in [0.29, 0.717) is 35.2 Å². The van der Waals surface area contributed by atoms with Crippen molar-refractivity contribution in [2.45, 2.75) is 6.54 Å². The van der Waals surface area contributed by atoms with Crippen LogP contribution in [0, 0.1) is 0 Å². The summed E-state index contributed by atoms with van der Waals surface area (Å²) in [5.41, 5.74) is 0.392. The van der Waals surface area contributed by atoms with E-state index in [4.69, 9.17) is 14.2 Å². The summed E-state index contributed by atoms with van der Waals surface area (Å²) in [6, 6.07) is 8.98. The Morgan fingerprint density at radius 2 is 1.88 bits per heavy atom. The molecule has 0 aliphatic rings. The van der Waals surface area contributed by atoms with Crippen molar-refractivity contribution in [1.82, 2.24) is 9.78 Å². The summed E-state index contributed by atoms with van der Waals surface area (Å²) in [6.07, 6.45) is 1.65. The van der Waals surface area contributed by atoms with E-state index in [1.165, 1.54) is 21.3 Å². The van der Waals surface area contributed by atoms with Crippen molar-refractivity contribution in [3.05, 3.63) is 52.3 Å². The Balaban J connectivity index is 1.84. The molecule has 0 atom stereocenters. The van der Waals surface area contributed by atoms with E-state index in [9.17, 15) is 4.79 Å². The Morgan fingerprint density at radius 3 is 2.46 bits per heavy atom. The monoisotopic (exact) mass is 373 g/mol. The molecule has 0 aliphatic heterocycles. The number of ether oxygens (including phenoxy) is 3. The van der Waals surface area contributed by atoms with Crippen molar-refractivity contribution in [1.29, 1.82) is 0 Å². The van der Waals surface area contributed by atoms with Crippen molar-refractivity contribution in [3.63, 3.8) is 0 Å². The lowest BCUT2D eigenvalue weighted by Gasteiger charge is -2.14. The topological polar surface area (TPSA) is 74.6 Å². The Hall–Kier alpha value is -3.00. The van der Waals surface area contributed by atoms with Crippen molar-refractivity contribution in [2.24, 2.45) is 0 Å². The fraction of sp³-hybridized carbons (Fsp3) is 0.222. The molecule has 2 aromatic heterocycles. The van der Waals surface area contributed by atoms with Gasteiger partial charge < -0.3 is 19.5 Å². The zero-order valence-electron chi connectivity index (χ0n) is 14.7. The van der Waals surface area contributed by atoms with Gasteiger partial charge in [0.05, 0.1) is 34.1 Å². The molecule has 0 fully saturated rings. The molecule has 8 heteroatoms. The van der Waals surface area contributed by atoms with Gasteiger partial charge in [-0.25, -0.2) is 4.68 Å². The van der Waals surface area contributed by atoms with E-state index < -0.39 is 0 Å². The van der Waals surface area contributed by atoms with Crippen molar-refractivity contribution in [2.75, 3.05) is 26.6 Å². The van der Waals surface area contributed by atoms with Crippen LogP contribution in [-0.2, 0) is 6.54 Å². The molecule has 2 heterocycles. The first-order chi connectivity index (χ1) is 12.7. The second kappa shape index (κ2) is 7.92. The first-order valence-electron chi connectivity index (χ1n) is 7.81. The largest absolute Gasteiger partial charge is 0.493 e. The number of rotatable bonds is 7. The number of hydrogen-bond donors (Lipinski definition) is 1. The number of nitrogens with one attached hydrogen (secondary N) is 1. The highest BCUT2D eigenvalue weighted by atomic mass is 32.1. The standard InChI is InChI=1S/C18H19N3O4S/c1-23-14-9-12(10-15(24-2)17(14)25-3)18(22)20-16-6-7-19-21(16)11-13-5-4-8-26-13/h4-10H,11H2,1-3H3,(H,20,22). The number of methoxy groups -OCH3 is 3. The number of aromatic nitrogens is 2. The number of amides is 1. The Bertz CT molecular complexity index is 865. The van der Waals surface area contributed by atoms with Crippen molar-refractivity contribution < 1.29 is 19.0 Å². The van der Waals surface area contributed by atoms with E-state index in [1.54, 1.807) is 40.4 Å². The summed E-state index contributed by atoms with van der Waals surface area (Å²) in [7, 11) is 4.54. The maximum Gasteiger partial charge on any atom is 0.257 e. The lowest BCUT2D eigenvalue weighted by molar-refractivity contribution is 0.102. The third-order valence-corrected chi connectivity index (χ3v) is 4.63. The minimum atomic E-state index is -0.294. The van der Waals surface area contributed by atoms with Crippen molar-refractivity contribution >= 4 is 23.1 Å². The second-order valence-electron chi connectivity index (χ2n) is 5.32. The summed E-state index contributed by atoms with van der Waals surface area (Å²) >= 11 is 1.64. The fourth-order valence-electron chi connectivity index (χ4n) is 2.52. The van der Waals surface area contributed by atoms with Crippen LogP contribution in [0.4, 0.5) is 5.82 Å². The number of thiophene rings is 1. The normalized spacial score (nSPS) is 10.4. The zero-order chi connectivity index (χ0) is 18.5. The van der Waals surface area contributed by atoms with Gasteiger partial charge in [0.15, 0.2) is 11.5 Å². The lowest BCUT2D eigenvalue weighted by Crippen LogP contribution is -2.16. The molecule has 0 aliphatic carbocycles. The van der Waals surface area contributed by atoms with E-state index in [2.05, 4.69) is 10.4 Å². The molecule has 0 spiro atoms. The maximum atomic E-state index is 12.7. The molecule has 1 amide bonds. The minimum absolute atomic E-state index is 0.294. The number of hydrogen-bond acceptors (Lipinski definition) is 6. The predicted octanol–water partition coefficient (Wildman–Crippen LogP) is 3.27. The molecule has 0 bridgehead atoms. The molecule has 0 saturated carbocycles. The molecule has 3 rings (SSSR count). The minimum Gasteiger partial charge on any atom is -0.493 e. The van der Waals surface area contributed by atoms with Crippen molar-refractivity contribution in [3.8, 4) is 17.2 Å². The van der Waals surface area contributed by atoms with Crippen LogP contribution in [0.1, 0.15) is 15.2 Å². The first kappa shape index (κ1) is 17.8. The third-order valence-electron chi connectivity index (χ3n) is 3.77. The van der Waals surface area contributed by atoms with Gasteiger partial charge in [-0.1, -0.05) is 6.07 Å². The Labute approximate surface area is 155 Å². The van der Waals surface area contributed by atoms with Crippen LogP contribution in [0.25, 0.3) is 0 Å². The van der Waals surface area contributed by atoms with Gasteiger partial charge in [-0.05, 0) is 23.6 Å². The fourth-order valence-corrected chi connectivity index (χ4v) is 3.20. The molecule has 0 radical (unpaired) electrons. The zero-order valence-corrected chi connectivity index (χ0v) is 15.5. The molecule has 1 aromatic carbocycles. The third kappa shape index (κ3) is 3.65. The molecule has 3 aromatic rings. The van der Waals surface area contributed by atoms with Gasteiger partial charge in [0.1, 0.15) is 5.82 Å². The summed E-state index contributed by atoms with van der Waals surface area (Å²) in [4.78, 5) is 13.9. The van der Waals surface area contributed by atoms with Crippen LogP contribution in [0.5, 0.6) is 17.2 Å². The summed E-state index contributed by atoms with van der Waals surface area (Å²) in [5.74, 6) is 1.59. The number of benzene rings is 1. The summed E-state index contributed by atoms with van der Waals surface area (Å²) in [5, 5.41) is 9.15. The van der Waals surface area contributed by atoms with Crippen LogP contribution < -0.4 is 19.5 Å². The highest BCUT2D eigenvalue weighted by Crippen LogP contribution is 2.38. The van der Waals surface area contributed by atoms with Gasteiger partial charge in [-0.2, -0.15) is 5.10 Å². The predicted molar refractivity (Wildman–Crippen MR) is 99.7 cm³/mol. The molecule has 1 N–H and O–H groups in total. The molecule has 0 saturated heterocycles. The average Bonchev–Trinajstić information content (AvgIpc) is 3.33. The van der Waals surface area contributed by atoms with Gasteiger partial charge in [0.2, 0.25) is 5.75 Å². The van der Waals surface area contributed by atoms with Gasteiger partial charge in [-0.15, -0.1) is 11.3 Å². The number of nitrogens with zero attached hydrogens (tertiary/aromatic N) is 2. The molecule has 7 nitrogen and oxygen atoms in total. The van der Waals surface area contributed by atoms with E-state index in [1.807, 2.05) is 17.5 Å². The van der Waals surface area contributed by atoms with Crippen LogP contribution in [0.2, 0.25) is 0 Å². The van der Waals surface area contributed by atoms with E-state index in [0.717, 1.165) is 4.88 Å². The Kier molecular flexibility index (Phi) is 5.43. The van der Waals surface area contributed by atoms with E-state index in [-0.39, 0.29) is 5.91 Å². The van der Waals surface area contributed by atoms with E-state index >= 15 is 0 Å². The highest BCUT2D eigenvalue weighted by Gasteiger charge is 2.18. The van der Waals surface area contributed by atoms with Gasteiger partial charge >= 0.3 is 0 Å². The SMILES string of the molecule is COc1cc(C(=O)Nc2ccnn2Cc2cccs2)cc(OC)c1OC. The first-order valence-corrected chi connectivity index (χ1v) is 8.69. The second-order valence-corrected chi connectivity index (χ2v) is 6.35. The van der Waals surface area contributed by atoms with Gasteiger partial charge in [0, 0.05) is 16.5 Å². The molecular formula is C18H19N3O4S. The summed E-state index contributed by atoms with van der Waals surface area (Å²) in [6.45, 7) is 0.593. The highest BCUT2D eigenvalue weighted by molar-refractivity contribution is 7.09. The lowest BCUT2D eigenvalue weighted by atomic mass is 10.1. The van der Waals surface area contributed by atoms with Gasteiger partial charge in [-0.3, -0.25) is 4.79 Å². The molecule has 0 unspecified atom stereocenters. The molecule has 136 valence electrons.